The van der Waals surface area contributed by atoms with Gasteiger partial charge in [-0.15, -0.1) is 0 Å². The van der Waals surface area contributed by atoms with E-state index in [2.05, 4.69) is 9.88 Å². The predicted molar refractivity (Wildman–Crippen MR) is 85.5 cm³/mol. The van der Waals surface area contributed by atoms with Gasteiger partial charge in [-0.1, -0.05) is 35.0 Å². The first-order valence-corrected chi connectivity index (χ1v) is 8.74. The number of rotatable bonds is 3. The molecule has 0 atom stereocenters. The molecule has 0 saturated heterocycles. The Kier molecular flexibility index (Phi) is 3.21. The van der Waals surface area contributed by atoms with Crippen molar-refractivity contribution in [1.29, 1.82) is 0 Å². The summed E-state index contributed by atoms with van der Waals surface area (Å²) in [6.07, 6.45) is 0.692. The van der Waals surface area contributed by atoms with Crippen LogP contribution in [-0.2, 0) is 16.4 Å². The van der Waals surface area contributed by atoms with E-state index in [9.17, 15) is 8.42 Å². The third-order valence-electron chi connectivity index (χ3n) is 3.65. The lowest BCUT2D eigenvalue weighted by atomic mass is 10.2. The minimum Gasteiger partial charge on any atom is -0.492 e. The zero-order valence-corrected chi connectivity index (χ0v) is 13.3. The van der Waals surface area contributed by atoms with Crippen molar-refractivity contribution in [1.82, 2.24) is 5.16 Å². The number of nitrogens with one attached hydrogen (secondary N) is 1. The summed E-state index contributed by atoms with van der Waals surface area (Å²) in [4.78, 5) is 0.0794. The van der Waals surface area contributed by atoms with E-state index in [0.29, 0.717) is 34.8 Å². The van der Waals surface area contributed by atoms with Gasteiger partial charge in [0.05, 0.1) is 17.0 Å². The molecule has 0 aliphatic carbocycles. The summed E-state index contributed by atoms with van der Waals surface area (Å²) in [5.74, 6) is 0.445. The Labute approximate surface area is 137 Å². The molecule has 1 aliphatic heterocycles. The van der Waals surface area contributed by atoms with Crippen LogP contribution in [0.15, 0.2) is 45.8 Å². The van der Waals surface area contributed by atoms with Crippen molar-refractivity contribution in [3.63, 3.8) is 0 Å². The van der Waals surface area contributed by atoms with E-state index in [4.69, 9.17) is 20.9 Å². The molecule has 3 aromatic rings. The molecule has 8 heteroatoms. The summed E-state index contributed by atoms with van der Waals surface area (Å²) >= 11 is 6.11. The van der Waals surface area contributed by atoms with Gasteiger partial charge in [-0.25, -0.2) is 8.42 Å². The Morgan fingerprint density at radius 3 is 2.87 bits per heavy atom. The van der Waals surface area contributed by atoms with Gasteiger partial charge in [-0.05, 0) is 23.8 Å². The van der Waals surface area contributed by atoms with Crippen LogP contribution >= 0.6 is 11.6 Å². The average molecular weight is 351 g/mol. The monoisotopic (exact) mass is 350 g/mol. The van der Waals surface area contributed by atoms with Gasteiger partial charge in [0.25, 0.3) is 10.0 Å². The highest BCUT2D eigenvalue weighted by Crippen LogP contribution is 2.35. The molecule has 0 fully saturated rings. The van der Waals surface area contributed by atoms with E-state index >= 15 is 0 Å². The lowest BCUT2D eigenvalue weighted by Gasteiger charge is -2.09. The van der Waals surface area contributed by atoms with Crippen LogP contribution in [0.1, 0.15) is 5.56 Å². The molecule has 2 aromatic carbocycles. The fourth-order valence-corrected chi connectivity index (χ4v) is 4.05. The summed E-state index contributed by atoms with van der Waals surface area (Å²) in [5.41, 5.74) is 1.28. The first kappa shape index (κ1) is 14.3. The van der Waals surface area contributed by atoms with Gasteiger partial charge >= 0.3 is 0 Å². The first-order valence-electron chi connectivity index (χ1n) is 6.88. The Bertz CT molecular complexity index is 1010. The number of anilines is 1. The Morgan fingerprint density at radius 2 is 2.00 bits per heavy atom. The van der Waals surface area contributed by atoms with E-state index < -0.39 is 10.0 Å². The molecule has 4 rings (SSSR count). The van der Waals surface area contributed by atoms with Crippen LogP contribution < -0.4 is 9.46 Å². The van der Waals surface area contributed by atoms with E-state index in [1.807, 2.05) is 6.07 Å². The Balaban J connectivity index is 1.80. The number of sulfonamides is 1. The number of nitrogens with zero attached hydrogens (tertiary/aromatic N) is 1. The summed E-state index contributed by atoms with van der Waals surface area (Å²) in [6.45, 7) is 0.473. The highest BCUT2D eigenvalue weighted by Gasteiger charge is 2.27. The van der Waals surface area contributed by atoms with E-state index in [1.165, 1.54) is 6.07 Å². The summed E-state index contributed by atoms with van der Waals surface area (Å²) < 4.78 is 38.4. The smallest absolute Gasteiger partial charge is 0.266 e. The van der Waals surface area contributed by atoms with Crippen molar-refractivity contribution in [3.8, 4) is 5.75 Å². The van der Waals surface area contributed by atoms with Crippen LogP contribution in [0.4, 0.5) is 5.82 Å². The van der Waals surface area contributed by atoms with Gasteiger partial charge in [0.15, 0.2) is 11.4 Å². The van der Waals surface area contributed by atoms with Crippen molar-refractivity contribution in [3.05, 3.63) is 47.0 Å². The molecule has 2 heterocycles. The number of para-hydroxylation sites is 1. The number of benzene rings is 2. The number of ether oxygens (including phenoxy) is 1. The second-order valence-electron chi connectivity index (χ2n) is 5.09. The minimum atomic E-state index is -3.87. The van der Waals surface area contributed by atoms with Crippen molar-refractivity contribution in [2.75, 3.05) is 11.3 Å². The van der Waals surface area contributed by atoms with Gasteiger partial charge in [0.1, 0.15) is 10.6 Å². The van der Waals surface area contributed by atoms with Crippen molar-refractivity contribution in [2.24, 2.45) is 0 Å². The fourth-order valence-electron chi connectivity index (χ4n) is 2.60. The molecule has 0 bridgehead atoms. The number of fused-ring (bicyclic) bond motifs is 2. The van der Waals surface area contributed by atoms with Crippen molar-refractivity contribution >= 4 is 38.4 Å². The standard InChI is InChI=1S/C15H11ClN2O4S/c16-10-4-2-5-11-13(10)15(17-22-11)18-23(19,20)12-6-1-3-9-7-8-21-14(9)12/h1-6H,7-8H2,(H,17,18). The Hall–Kier alpha value is -2.25. The quantitative estimate of drug-likeness (QED) is 0.784. The maximum atomic E-state index is 12.7. The maximum Gasteiger partial charge on any atom is 0.266 e. The molecule has 0 radical (unpaired) electrons. The van der Waals surface area contributed by atoms with Crippen LogP contribution in [0, 0.1) is 0 Å². The van der Waals surface area contributed by atoms with E-state index in [0.717, 1.165) is 5.56 Å². The highest BCUT2D eigenvalue weighted by atomic mass is 35.5. The van der Waals surface area contributed by atoms with E-state index in [-0.39, 0.29) is 10.7 Å². The summed E-state index contributed by atoms with van der Waals surface area (Å²) in [6, 6.07) is 10.0. The second-order valence-corrected chi connectivity index (χ2v) is 7.15. The van der Waals surface area contributed by atoms with Crippen LogP contribution in [0.25, 0.3) is 11.0 Å². The highest BCUT2D eigenvalue weighted by molar-refractivity contribution is 7.92. The van der Waals surface area contributed by atoms with Crippen LogP contribution in [0.5, 0.6) is 5.75 Å². The largest absolute Gasteiger partial charge is 0.492 e. The fraction of sp³-hybridized carbons (Fsp3) is 0.133. The van der Waals surface area contributed by atoms with Gasteiger partial charge in [-0.3, -0.25) is 4.72 Å². The predicted octanol–water partition coefficient (Wildman–Crippen LogP) is 3.22. The van der Waals surface area contributed by atoms with Crippen molar-refractivity contribution in [2.45, 2.75) is 11.3 Å². The molecule has 0 spiro atoms. The lowest BCUT2D eigenvalue weighted by molar-refractivity contribution is 0.348. The van der Waals surface area contributed by atoms with Gasteiger partial charge in [0.2, 0.25) is 0 Å². The molecule has 0 amide bonds. The zero-order valence-electron chi connectivity index (χ0n) is 11.7. The SMILES string of the molecule is O=S(=O)(Nc1noc2cccc(Cl)c12)c1cccc2c1OCC2. The van der Waals surface area contributed by atoms with Gasteiger partial charge in [0, 0.05) is 6.42 Å². The summed E-state index contributed by atoms with van der Waals surface area (Å²) in [7, 11) is -3.87. The summed E-state index contributed by atoms with van der Waals surface area (Å²) in [5, 5.41) is 4.55. The second kappa shape index (κ2) is 5.14. The van der Waals surface area contributed by atoms with Crippen LogP contribution in [0.2, 0.25) is 5.02 Å². The molecule has 1 aliphatic rings. The van der Waals surface area contributed by atoms with Crippen LogP contribution in [-0.4, -0.2) is 20.2 Å². The third-order valence-corrected chi connectivity index (χ3v) is 5.32. The molecule has 6 nitrogen and oxygen atoms in total. The normalized spacial score (nSPS) is 13.8. The Morgan fingerprint density at radius 1 is 1.17 bits per heavy atom. The first-order chi connectivity index (χ1) is 11.1. The maximum absolute atomic E-state index is 12.7. The molecule has 118 valence electrons. The number of aromatic nitrogens is 1. The van der Waals surface area contributed by atoms with Gasteiger partial charge in [-0.2, -0.15) is 0 Å². The number of halogens is 1. The molecule has 1 aromatic heterocycles. The molecule has 23 heavy (non-hydrogen) atoms. The zero-order chi connectivity index (χ0) is 16.0. The van der Waals surface area contributed by atoms with Gasteiger partial charge < -0.3 is 9.26 Å². The number of hydrogen-bond donors (Lipinski definition) is 1. The van der Waals surface area contributed by atoms with Crippen LogP contribution in [0.3, 0.4) is 0 Å². The lowest BCUT2D eigenvalue weighted by Crippen LogP contribution is -2.14. The molecule has 1 N–H and O–H groups in total. The average Bonchev–Trinajstić information content (AvgIpc) is 3.14. The van der Waals surface area contributed by atoms with Crippen molar-refractivity contribution < 1.29 is 17.7 Å². The molecular weight excluding hydrogens is 340 g/mol. The minimum absolute atomic E-state index is 0.0567. The molecule has 0 saturated carbocycles. The molecular formula is C15H11ClN2O4S. The topological polar surface area (TPSA) is 81.4 Å². The molecule has 0 unspecified atom stereocenters. The number of hydrogen-bond acceptors (Lipinski definition) is 5. The third kappa shape index (κ3) is 2.32. The van der Waals surface area contributed by atoms with E-state index in [1.54, 1.807) is 24.3 Å².